The molecule has 0 aliphatic carbocycles. The van der Waals surface area contributed by atoms with Gasteiger partial charge in [0.1, 0.15) is 11.5 Å². The fraction of sp³-hybridized carbons (Fsp3) is 0.222. The summed E-state index contributed by atoms with van der Waals surface area (Å²) in [7, 11) is 0. The SMILES string of the molecule is CC(C)c1ccc(OCC(=O)N/N=C/c2ccccc2O)cc1. The summed E-state index contributed by atoms with van der Waals surface area (Å²) in [5.41, 5.74) is 4.10. The zero-order valence-corrected chi connectivity index (χ0v) is 13.2. The van der Waals surface area contributed by atoms with Crippen LogP contribution in [-0.2, 0) is 4.79 Å². The molecule has 1 amide bonds. The van der Waals surface area contributed by atoms with Gasteiger partial charge >= 0.3 is 0 Å². The van der Waals surface area contributed by atoms with Crippen molar-refractivity contribution in [2.45, 2.75) is 19.8 Å². The number of phenols is 1. The zero-order valence-electron chi connectivity index (χ0n) is 13.2. The van der Waals surface area contributed by atoms with E-state index in [4.69, 9.17) is 4.74 Å². The molecule has 2 N–H and O–H groups in total. The first-order valence-corrected chi connectivity index (χ1v) is 7.39. The first-order valence-electron chi connectivity index (χ1n) is 7.39. The quantitative estimate of drug-likeness (QED) is 0.636. The second kappa shape index (κ2) is 7.98. The topological polar surface area (TPSA) is 70.9 Å². The molecule has 5 nitrogen and oxygen atoms in total. The lowest BCUT2D eigenvalue weighted by Crippen LogP contribution is -2.24. The van der Waals surface area contributed by atoms with Gasteiger partial charge in [-0.25, -0.2) is 5.43 Å². The van der Waals surface area contributed by atoms with Crippen LogP contribution in [0.15, 0.2) is 53.6 Å². The van der Waals surface area contributed by atoms with Crippen LogP contribution in [0.5, 0.6) is 11.5 Å². The third kappa shape index (κ3) is 5.14. The van der Waals surface area contributed by atoms with Crippen LogP contribution in [0.4, 0.5) is 0 Å². The Labute approximate surface area is 135 Å². The molecule has 0 aliphatic heterocycles. The van der Waals surface area contributed by atoms with Crippen LogP contribution < -0.4 is 10.2 Å². The van der Waals surface area contributed by atoms with Crippen LogP contribution in [0.3, 0.4) is 0 Å². The Balaban J connectivity index is 1.80. The van der Waals surface area contributed by atoms with Crippen LogP contribution in [0.1, 0.15) is 30.9 Å². The van der Waals surface area contributed by atoms with E-state index in [0.717, 1.165) is 0 Å². The highest BCUT2D eigenvalue weighted by atomic mass is 16.5. The molecule has 2 aromatic rings. The first-order chi connectivity index (χ1) is 11.1. The summed E-state index contributed by atoms with van der Waals surface area (Å²) in [6.45, 7) is 4.11. The molecule has 0 unspecified atom stereocenters. The number of benzene rings is 2. The summed E-state index contributed by atoms with van der Waals surface area (Å²) in [6, 6.07) is 14.4. The number of carbonyl (C=O) groups is 1. The number of para-hydroxylation sites is 1. The van der Waals surface area contributed by atoms with Crippen molar-refractivity contribution in [1.29, 1.82) is 0 Å². The lowest BCUT2D eigenvalue weighted by molar-refractivity contribution is -0.123. The lowest BCUT2D eigenvalue weighted by Gasteiger charge is -2.08. The standard InChI is InChI=1S/C18H20N2O3/c1-13(2)14-7-9-16(10-8-14)23-12-18(22)20-19-11-15-5-3-4-6-17(15)21/h3-11,13,21H,12H2,1-2H3,(H,20,22)/b19-11+. The van der Waals surface area contributed by atoms with E-state index in [0.29, 0.717) is 17.2 Å². The molecule has 2 aromatic carbocycles. The van der Waals surface area contributed by atoms with E-state index in [2.05, 4.69) is 24.4 Å². The van der Waals surface area contributed by atoms with Gasteiger partial charge < -0.3 is 9.84 Å². The largest absolute Gasteiger partial charge is 0.507 e. The van der Waals surface area contributed by atoms with Crippen molar-refractivity contribution < 1.29 is 14.6 Å². The van der Waals surface area contributed by atoms with E-state index < -0.39 is 0 Å². The normalized spacial score (nSPS) is 10.9. The van der Waals surface area contributed by atoms with Gasteiger partial charge in [-0.3, -0.25) is 4.79 Å². The Kier molecular flexibility index (Phi) is 5.74. The number of rotatable bonds is 6. The fourth-order valence-electron chi connectivity index (χ4n) is 1.90. The predicted octanol–water partition coefficient (Wildman–Crippen LogP) is 3.04. The van der Waals surface area contributed by atoms with Gasteiger partial charge in [-0.05, 0) is 35.7 Å². The van der Waals surface area contributed by atoms with Crippen LogP contribution >= 0.6 is 0 Å². The Hall–Kier alpha value is -2.82. The number of carbonyl (C=O) groups excluding carboxylic acids is 1. The predicted molar refractivity (Wildman–Crippen MR) is 89.9 cm³/mol. The minimum atomic E-state index is -0.371. The number of amides is 1. The van der Waals surface area contributed by atoms with E-state index >= 15 is 0 Å². The van der Waals surface area contributed by atoms with Gasteiger partial charge in [0.15, 0.2) is 6.61 Å². The first kappa shape index (κ1) is 16.5. The van der Waals surface area contributed by atoms with Gasteiger partial charge in [0.05, 0.1) is 6.21 Å². The summed E-state index contributed by atoms with van der Waals surface area (Å²) in [5, 5.41) is 13.3. The lowest BCUT2D eigenvalue weighted by atomic mass is 10.0. The molecule has 2 rings (SSSR count). The molecule has 0 spiro atoms. The molecule has 0 aromatic heterocycles. The third-order valence-electron chi connectivity index (χ3n) is 3.25. The highest BCUT2D eigenvalue weighted by Crippen LogP contribution is 2.18. The molecule has 0 saturated carbocycles. The summed E-state index contributed by atoms with van der Waals surface area (Å²) >= 11 is 0. The maximum absolute atomic E-state index is 11.7. The molecule has 0 bridgehead atoms. The molecule has 0 radical (unpaired) electrons. The number of hydrazone groups is 1. The maximum Gasteiger partial charge on any atom is 0.277 e. The molecule has 120 valence electrons. The van der Waals surface area contributed by atoms with E-state index in [1.807, 2.05) is 24.3 Å². The Bertz CT molecular complexity index is 679. The van der Waals surface area contributed by atoms with Crippen molar-refractivity contribution >= 4 is 12.1 Å². The van der Waals surface area contributed by atoms with Crippen molar-refractivity contribution in [3.05, 3.63) is 59.7 Å². The van der Waals surface area contributed by atoms with Crippen molar-refractivity contribution in [1.82, 2.24) is 5.43 Å². The molecule has 23 heavy (non-hydrogen) atoms. The molecular weight excluding hydrogens is 292 g/mol. The number of aromatic hydroxyl groups is 1. The van der Waals surface area contributed by atoms with Gasteiger partial charge in [-0.15, -0.1) is 0 Å². The van der Waals surface area contributed by atoms with E-state index in [9.17, 15) is 9.90 Å². The van der Waals surface area contributed by atoms with Crippen molar-refractivity contribution in [2.24, 2.45) is 5.10 Å². The van der Waals surface area contributed by atoms with Crippen LogP contribution in [0.25, 0.3) is 0 Å². The molecule has 5 heteroatoms. The van der Waals surface area contributed by atoms with Gasteiger partial charge in [0, 0.05) is 5.56 Å². The van der Waals surface area contributed by atoms with E-state index in [1.54, 1.807) is 24.3 Å². The van der Waals surface area contributed by atoms with Gasteiger partial charge in [0.2, 0.25) is 0 Å². The minimum absolute atomic E-state index is 0.104. The Morgan fingerprint density at radius 2 is 1.91 bits per heavy atom. The van der Waals surface area contributed by atoms with E-state index in [-0.39, 0.29) is 18.3 Å². The minimum Gasteiger partial charge on any atom is -0.507 e. The highest BCUT2D eigenvalue weighted by molar-refractivity contribution is 5.85. The average molecular weight is 312 g/mol. The molecule has 0 heterocycles. The highest BCUT2D eigenvalue weighted by Gasteiger charge is 2.03. The van der Waals surface area contributed by atoms with Gasteiger partial charge in [-0.2, -0.15) is 5.10 Å². The Morgan fingerprint density at radius 3 is 2.57 bits per heavy atom. The van der Waals surface area contributed by atoms with Crippen molar-refractivity contribution in [3.8, 4) is 11.5 Å². The number of phenolic OH excluding ortho intramolecular Hbond substituents is 1. The van der Waals surface area contributed by atoms with Crippen molar-refractivity contribution in [3.63, 3.8) is 0 Å². The summed E-state index contributed by atoms with van der Waals surface area (Å²) in [5.74, 6) is 0.821. The third-order valence-corrected chi connectivity index (χ3v) is 3.25. The zero-order chi connectivity index (χ0) is 16.7. The molecule has 0 atom stereocenters. The second-order valence-corrected chi connectivity index (χ2v) is 5.36. The second-order valence-electron chi connectivity index (χ2n) is 5.36. The van der Waals surface area contributed by atoms with Gasteiger partial charge in [0.25, 0.3) is 5.91 Å². The molecule has 0 fully saturated rings. The number of ether oxygens (including phenoxy) is 1. The van der Waals surface area contributed by atoms with Crippen LogP contribution in [0, 0.1) is 0 Å². The number of hydrogen-bond donors (Lipinski definition) is 2. The summed E-state index contributed by atoms with van der Waals surface area (Å²) in [6.07, 6.45) is 1.38. The van der Waals surface area contributed by atoms with Crippen LogP contribution in [0.2, 0.25) is 0 Å². The number of nitrogens with zero attached hydrogens (tertiary/aromatic N) is 1. The fourth-order valence-corrected chi connectivity index (χ4v) is 1.90. The van der Waals surface area contributed by atoms with E-state index in [1.165, 1.54) is 11.8 Å². The smallest absolute Gasteiger partial charge is 0.277 e. The van der Waals surface area contributed by atoms with Crippen LogP contribution in [-0.4, -0.2) is 23.8 Å². The summed E-state index contributed by atoms with van der Waals surface area (Å²) < 4.78 is 5.39. The van der Waals surface area contributed by atoms with Gasteiger partial charge in [-0.1, -0.05) is 38.1 Å². The number of hydrogen-bond acceptors (Lipinski definition) is 4. The van der Waals surface area contributed by atoms with Crippen molar-refractivity contribution in [2.75, 3.05) is 6.61 Å². The Morgan fingerprint density at radius 1 is 1.22 bits per heavy atom. The molecule has 0 saturated heterocycles. The average Bonchev–Trinajstić information content (AvgIpc) is 2.55. The maximum atomic E-state index is 11.7. The number of nitrogens with one attached hydrogen (secondary N) is 1. The molecular formula is C18H20N2O3. The summed E-state index contributed by atoms with van der Waals surface area (Å²) in [4.78, 5) is 11.7. The monoisotopic (exact) mass is 312 g/mol. The molecule has 0 aliphatic rings.